The third-order valence-corrected chi connectivity index (χ3v) is 4.66. The van der Waals surface area contributed by atoms with Crippen LogP contribution < -0.4 is 10.6 Å². The Bertz CT molecular complexity index is 401. The number of piperazine rings is 1. The largest absolute Gasteiger partial charge is 0.345 e. The van der Waals surface area contributed by atoms with E-state index in [1.165, 1.54) is 0 Å². The molecule has 1 fully saturated rings. The van der Waals surface area contributed by atoms with Gasteiger partial charge in [-0.15, -0.1) is 11.3 Å². The molecule has 1 unspecified atom stereocenters. The van der Waals surface area contributed by atoms with E-state index < -0.39 is 0 Å². The highest BCUT2D eigenvalue weighted by molar-refractivity contribution is 7.13. The summed E-state index contributed by atoms with van der Waals surface area (Å²) in [6.07, 6.45) is 2.75. The van der Waals surface area contributed by atoms with Gasteiger partial charge in [0.15, 0.2) is 5.13 Å². The lowest BCUT2D eigenvalue weighted by molar-refractivity contribution is -0.134. The highest BCUT2D eigenvalue weighted by Gasteiger charge is 2.28. The van der Waals surface area contributed by atoms with Crippen LogP contribution >= 0.6 is 11.3 Å². The van der Waals surface area contributed by atoms with Crippen molar-refractivity contribution in [3.05, 3.63) is 11.6 Å². The summed E-state index contributed by atoms with van der Waals surface area (Å²) < 4.78 is 0. The summed E-state index contributed by atoms with van der Waals surface area (Å²) in [7, 11) is 0. The number of carbonyl (C=O) groups is 1. The summed E-state index contributed by atoms with van der Waals surface area (Å²) in [6.45, 7) is 7.26. The van der Waals surface area contributed by atoms with Gasteiger partial charge in [0, 0.05) is 37.8 Å². The average Bonchev–Trinajstić information content (AvgIpc) is 2.99. The number of carbonyl (C=O) groups excluding carboxylic acids is 1. The van der Waals surface area contributed by atoms with Gasteiger partial charge in [0.2, 0.25) is 5.91 Å². The van der Waals surface area contributed by atoms with Crippen molar-refractivity contribution in [1.82, 2.24) is 9.88 Å². The number of aromatic nitrogens is 1. The Morgan fingerprint density at radius 2 is 2.16 bits per heavy atom. The van der Waals surface area contributed by atoms with Crippen molar-refractivity contribution in [3.8, 4) is 0 Å². The van der Waals surface area contributed by atoms with Gasteiger partial charge in [0.1, 0.15) is 0 Å². The second-order valence-electron chi connectivity index (χ2n) is 5.04. The maximum Gasteiger partial charge on any atom is 0.239 e. The topological polar surface area (TPSA) is 62.5 Å². The molecular weight excluding hydrogens is 260 g/mol. The lowest BCUT2D eigenvalue weighted by Crippen LogP contribution is -2.54. The molecule has 1 aromatic heterocycles. The second-order valence-corrected chi connectivity index (χ2v) is 5.91. The third kappa shape index (κ3) is 3.25. The van der Waals surface area contributed by atoms with Crippen LogP contribution in [-0.4, -0.2) is 48.0 Å². The van der Waals surface area contributed by atoms with E-state index in [4.69, 9.17) is 5.73 Å². The number of hydrogen-bond donors (Lipinski definition) is 1. The Labute approximate surface area is 118 Å². The van der Waals surface area contributed by atoms with Gasteiger partial charge in [-0.2, -0.15) is 0 Å². The number of anilines is 1. The van der Waals surface area contributed by atoms with Crippen molar-refractivity contribution >= 4 is 22.4 Å². The van der Waals surface area contributed by atoms with Crippen LogP contribution in [0.2, 0.25) is 0 Å². The third-order valence-electron chi connectivity index (χ3n) is 3.82. The van der Waals surface area contributed by atoms with Crippen molar-refractivity contribution < 1.29 is 4.79 Å². The van der Waals surface area contributed by atoms with Crippen molar-refractivity contribution in [1.29, 1.82) is 0 Å². The van der Waals surface area contributed by atoms with Crippen LogP contribution in [0.4, 0.5) is 5.13 Å². The van der Waals surface area contributed by atoms with Crippen LogP contribution in [0.3, 0.4) is 0 Å². The number of nitrogens with zero attached hydrogens (tertiary/aromatic N) is 3. The lowest BCUT2D eigenvalue weighted by atomic mass is 9.98. The van der Waals surface area contributed by atoms with Crippen molar-refractivity contribution in [2.75, 3.05) is 31.1 Å². The van der Waals surface area contributed by atoms with E-state index in [2.05, 4.69) is 16.8 Å². The average molecular weight is 282 g/mol. The molecule has 1 amide bonds. The first-order valence-corrected chi connectivity index (χ1v) is 7.70. The predicted molar refractivity (Wildman–Crippen MR) is 78.3 cm³/mol. The molecule has 0 aromatic carbocycles. The summed E-state index contributed by atoms with van der Waals surface area (Å²) in [5.41, 5.74) is 6.02. The number of hydrogen-bond acceptors (Lipinski definition) is 5. The standard InChI is InChI=1S/C13H22N4OS/c1-3-10(2)11(14)12(18)16-5-7-17(8-6-16)13-15-4-9-19-13/h4,9-11H,3,5-8,14H2,1-2H3/t10?,11-/m0/s1. The molecule has 5 nitrogen and oxygen atoms in total. The SMILES string of the molecule is CCC(C)[C@H](N)C(=O)N1CCN(c2nccs2)CC1. The Morgan fingerprint density at radius 3 is 2.68 bits per heavy atom. The zero-order valence-corrected chi connectivity index (χ0v) is 12.4. The molecule has 2 rings (SSSR count). The molecule has 0 saturated carbocycles. The van der Waals surface area contributed by atoms with Gasteiger partial charge in [-0.05, 0) is 5.92 Å². The van der Waals surface area contributed by atoms with Crippen LogP contribution in [-0.2, 0) is 4.79 Å². The summed E-state index contributed by atoms with van der Waals surface area (Å²) in [6, 6.07) is -0.364. The molecule has 2 atom stereocenters. The minimum absolute atomic E-state index is 0.0909. The number of amides is 1. The molecule has 1 saturated heterocycles. The smallest absolute Gasteiger partial charge is 0.239 e. The van der Waals surface area contributed by atoms with Crippen LogP contribution in [0, 0.1) is 5.92 Å². The number of thiazole rings is 1. The molecule has 6 heteroatoms. The van der Waals surface area contributed by atoms with Crippen LogP contribution in [0.5, 0.6) is 0 Å². The molecular formula is C13H22N4OS. The van der Waals surface area contributed by atoms with Crippen LogP contribution in [0.15, 0.2) is 11.6 Å². The second kappa shape index (κ2) is 6.34. The molecule has 19 heavy (non-hydrogen) atoms. The molecule has 0 spiro atoms. The fraction of sp³-hybridized carbons (Fsp3) is 0.692. The molecule has 2 heterocycles. The number of rotatable bonds is 4. The fourth-order valence-corrected chi connectivity index (χ4v) is 2.90. The molecule has 106 valence electrons. The van der Waals surface area contributed by atoms with E-state index in [-0.39, 0.29) is 17.9 Å². The monoisotopic (exact) mass is 282 g/mol. The van der Waals surface area contributed by atoms with Crippen molar-refractivity contribution in [2.45, 2.75) is 26.3 Å². The lowest BCUT2D eigenvalue weighted by Gasteiger charge is -2.36. The molecule has 0 radical (unpaired) electrons. The Kier molecular flexibility index (Phi) is 4.76. The van der Waals surface area contributed by atoms with E-state index in [9.17, 15) is 4.79 Å². The quantitative estimate of drug-likeness (QED) is 0.900. The van der Waals surface area contributed by atoms with E-state index in [0.717, 1.165) is 37.7 Å². The van der Waals surface area contributed by atoms with Gasteiger partial charge in [-0.3, -0.25) is 4.79 Å². The Morgan fingerprint density at radius 1 is 1.47 bits per heavy atom. The molecule has 0 aliphatic carbocycles. The van der Waals surface area contributed by atoms with Gasteiger partial charge in [0.05, 0.1) is 6.04 Å². The van der Waals surface area contributed by atoms with Crippen LogP contribution in [0.25, 0.3) is 0 Å². The van der Waals surface area contributed by atoms with Gasteiger partial charge in [0.25, 0.3) is 0 Å². The van der Waals surface area contributed by atoms with Gasteiger partial charge < -0.3 is 15.5 Å². The molecule has 0 bridgehead atoms. The molecule has 1 aliphatic rings. The van der Waals surface area contributed by atoms with Gasteiger partial charge >= 0.3 is 0 Å². The minimum Gasteiger partial charge on any atom is -0.345 e. The highest BCUT2D eigenvalue weighted by atomic mass is 32.1. The van der Waals surface area contributed by atoms with Gasteiger partial charge in [-0.1, -0.05) is 20.3 Å². The predicted octanol–water partition coefficient (Wildman–Crippen LogP) is 1.17. The maximum atomic E-state index is 12.3. The van der Waals surface area contributed by atoms with E-state index in [0.29, 0.717) is 0 Å². The minimum atomic E-state index is -0.364. The van der Waals surface area contributed by atoms with Gasteiger partial charge in [-0.25, -0.2) is 4.98 Å². The van der Waals surface area contributed by atoms with Crippen molar-refractivity contribution in [2.24, 2.45) is 11.7 Å². The molecule has 1 aliphatic heterocycles. The Hall–Kier alpha value is -1.14. The Balaban J connectivity index is 1.87. The summed E-state index contributed by atoms with van der Waals surface area (Å²) in [5, 5.41) is 3.02. The highest BCUT2D eigenvalue weighted by Crippen LogP contribution is 2.19. The fourth-order valence-electron chi connectivity index (χ4n) is 2.20. The molecule has 1 aromatic rings. The van der Waals surface area contributed by atoms with E-state index >= 15 is 0 Å². The zero-order valence-electron chi connectivity index (χ0n) is 11.6. The molecule has 2 N–H and O–H groups in total. The first kappa shape index (κ1) is 14.3. The zero-order chi connectivity index (χ0) is 13.8. The first-order chi connectivity index (χ1) is 9.13. The number of nitrogens with two attached hydrogens (primary N) is 1. The maximum absolute atomic E-state index is 12.3. The summed E-state index contributed by atoms with van der Waals surface area (Å²) in [4.78, 5) is 20.7. The van der Waals surface area contributed by atoms with E-state index in [1.807, 2.05) is 23.4 Å². The van der Waals surface area contributed by atoms with Crippen molar-refractivity contribution in [3.63, 3.8) is 0 Å². The van der Waals surface area contributed by atoms with Crippen LogP contribution in [0.1, 0.15) is 20.3 Å². The summed E-state index contributed by atoms with van der Waals surface area (Å²) >= 11 is 1.64. The van der Waals surface area contributed by atoms with E-state index in [1.54, 1.807) is 11.3 Å². The summed E-state index contributed by atoms with van der Waals surface area (Å²) in [5.74, 6) is 0.331. The normalized spacial score (nSPS) is 19.3. The first-order valence-electron chi connectivity index (χ1n) is 6.82.